The topological polar surface area (TPSA) is 9.23 Å². The van der Waals surface area contributed by atoms with Crippen LogP contribution in [0, 0.1) is 19.3 Å². The molecule has 0 saturated heterocycles. The van der Waals surface area contributed by atoms with Crippen molar-refractivity contribution in [2.45, 2.75) is 32.3 Å². The van der Waals surface area contributed by atoms with Crippen molar-refractivity contribution in [1.29, 1.82) is 0 Å². The van der Waals surface area contributed by atoms with Crippen LogP contribution in [0.2, 0.25) is 0 Å². The molecular formula is C9H15O. The number of rotatable bonds is 5. The molecule has 1 atom stereocenters. The zero-order valence-corrected chi connectivity index (χ0v) is 6.60. The van der Waals surface area contributed by atoms with Gasteiger partial charge in [0.2, 0.25) is 0 Å². The molecule has 0 aliphatic heterocycles. The highest BCUT2D eigenvalue weighted by Crippen LogP contribution is 2.02. The highest BCUT2D eigenvalue weighted by molar-refractivity contribution is 4.83. The summed E-state index contributed by atoms with van der Waals surface area (Å²) in [6.45, 7) is 6.52. The van der Waals surface area contributed by atoms with Crippen LogP contribution >= 0.6 is 0 Å². The molecule has 0 bridgehead atoms. The average molecular weight is 139 g/mol. The smallest absolute Gasteiger partial charge is 0.0576 e. The van der Waals surface area contributed by atoms with Gasteiger partial charge in [-0.15, -0.1) is 12.3 Å². The van der Waals surface area contributed by atoms with E-state index in [1.807, 2.05) is 6.92 Å². The van der Waals surface area contributed by atoms with Gasteiger partial charge < -0.3 is 4.74 Å². The first-order chi connectivity index (χ1) is 4.81. The minimum absolute atomic E-state index is 0.123. The van der Waals surface area contributed by atoms with Gasteiger partial charge >= 0.3 is 0 Å². The van der Waals surface area contributed by atoms with Crippen LogP contribution in [-0.2, 0) is 4.74 Å². The van der Waals surface area contributed by atoms with Gasteiger partial charge in [0, 0.05) is 13.0 Å². The van der Waals surface area contributed by atoms with E-state index in [0.29, 0.717) is 0 Å². The number of ether oxygens (including phenoxy) is 1. The zero-order chi connectivity index (χ0) is 7.82. The third-order valence-electron chi connectivity index (χ3n) is 1.25. The quantitative estimate of drug-likeness (QED) is 0.418. The molecule has 0 saturated carbocycles. The maximum atomic E-state index is 5.21. The normalized spacial score (nSPS) is 12.5. The summed E-state index contributed by atoms with van der Waals surface area (Å²) in [5.74, 6) is 2.58. The molecule has 0 heterocycles. The fourth-order valence-electron chi connectivity index (χ4n) is 0.751. The summed E-state index contributed by atoms with van der Waals surface area (Å²) in [5, 5.41) is 0. The molecule has 0 spiro atoms. The van der Waals surface area contributed by atoms with E-state index >= 15 is 0 Å². The Kier molecular flexibility index (Phi) is 6.32. The summed E-state index contributed by atoms with van der Waals surface area (Å²) >= 11 is 0. The maximum absolute atomic E-state index is 5.21. The summed E-state index contributed by atoms with van der Waals surface area (Å²) in [7, 11) is 0. The monoisotopic (exact) mass is 139 g/mol. The lowest BCUT2D eigenvalue weighted by atomic mass is 10.2. The van der Waals surface area contributed by atoms with E-state index in [9.17, 15) is 0 Å². The molecule has 0 aromatic rings. The molecule has 0 aliphatic carbocycles. The predicted octanol–water partition coefficient (Wildman–Crippen LogP) is 2.03. The third-order valence-corrected chi connectivity index (χ3v) is 1.25. The minimum Gasteiger partial charge on any atom is -0.379 e. The third kappa shape index (κ3) is 5.65. The fourth-order valence-corrected chi connectivity index (χ4v) is 0.751. The highest BCUT2D eigenvalue weighted by atomic mass is 16.5. The number of hydrogen-bond donors (Lipinski definition) is 0. The molecule has 0 aromatic heterocycles. The van der Waals surface area contributed by atoms with Gasteiger partial charge in [0.1, 0.15) is 0 Å². The van der Waals surface area contributed by atoms with Crippen molar-refractivity contribution in [2.24, 2.45) is 0 Å². The van der Waals surface area contributed by atoms with Gasteiger partial charge in [0.25, 0.3) is 0 Å². The fraction of sp³-hybridized carbons (Fsp3) is 0.667. The van der Waals surface area contributed by atoms with Crippen molar-refractivity contribution in [3.05, 3.63) is 6.92 Å². The second-order valence-corrected chi connectivity index (χ2v) is 2.17. The summed E-state index contributed by atoms with van der Waals surface area (Å²) in [6.07, 6.45) is 8.02. The summed E-state index contributed by atoms with van der Waals surface area (Å²) < 4.78 is 5.21. The molecule has 57 valence electrons. The summed E-state index contributed by atoms with van der Waals surface area (Å²) in [4.78, 5) is 0. The Hall–Kier alpha value is -0.480. The average Bonchev–Trinajstić information content (AvgIpc) is 1.89. The molecule has 0 fully saturated rings. The molecule has 0 rings (SSSR count). The molecule has 10 heavy (non-hydrogen) atoms. The molecule has 0 aromatic carbocycles. The lowest BCUT2D eigenvalue weighted by Crippen LogP contribution is -2.07. The van der Waals surface area contributed by atoms with Gasteiger partial charge in [0.15, 0.2) is 0 Å². The van der Waals surface area contributed by atoms with E-state index < -0.39 is 0 Å². The molecular weight excluding hydrogens is 124 g/mol. The van der Waals surface area contributed by atoms with Crippen LogP contribution in [0.25, 0.3) is 0 Å². The van der Waals surface area contributed by atoms with Gasteiger partial charge in [-0.2, -0.15) is 0 Å². The first kappa shape index (κ1) is 9.52. The van der Waals surface area contributed by atoms with Crippen molar-refractivity contribution in [1.82, 2.24) is 0 Å². The largest absolute Gasteiger partial charge is 0.379 e. The maximum Gasteiger partial charge on any atom is 0.0576 e. The predicted molar refractivity (Wildman–Crippen MR) is 43.5 cm³/mol. The summed E-state index contributed by atoms with van der Waals surface area (Å²) in [5.41, 5.74) is 0. The zero-order valence-electron chi connectivity index (χ0n) is 6.60. The second kappa shape index (κ2) is 6.64. The van der Waals surface area contributed by atoms with E-state index in [-0.39, 0.29) is 6.10 Å². The second-order valence-electron chi connectivity index (χ2n) is 2.17. The van der Waals surface area contributed by atoms with Crippen LogP contribution in [0.3, 0.4) is 0 Å². The Balaban J connectivity index is 3.06. The van der Waals surface area contributed by atoms with Crippen molar-refractivity contribution in [3.8, 4) is 12.3 Å². The first-order valence-corrected chi connectivity index (χ1v) is 3.69. The van der Waals surface area contributed by atoms with Gasteiger partial charge in [-0.05, 0) is 26.7 Å². The molecule has 1 nitrogen and oxygen atoms in total. The van der Waals surface area contributed by atoms with Crippen molar-refractivity contribution >= 4 is 0 Å². The van der Waals surface area contributed by atoms with Gasteiger partial charge in [0.05, 0.1) is 6.10 Å². The Morgan fingerprint density at radius 1 is 1.70 bits per heavy atom. The van der Waals surface area contributed by atoms with Crippen LogP contribution in [0.1, 0.15) is 26.2 Å². The van der Waals surface area contributed by atoms with Crippen molar-refractivity contribution in [2.75, 3.05) is 6.61 Å². The first-order valence-electron chi connectivity index (χ1n) is 3.69. The minimum atomic E-state index is 0.123. The Bertz CT molecular complexity index is 102. The van der Waals surface area contributed by atoms with Crippen LogP contribution in [0.5, 0.6) is 0 Å². The number of hydrogen-bond acceptors (Lipinski definition) is 1. The van der Waals surface area contributed by atoms with E-state index in [0.717, 1.165) is 25.9 Å². The van der Waals surface area contributed by atoms with E-state index in [2.05, 4.69) is 12.8 Å². The number of terminal acetylenes is 1. The van der Waals surface area contributed by atoms with Crippen molar-refractivity contribution in [3.63, 3.8) is 0 Å². The van der Waals surface area contributed by atoms with Crippen LogP contribution < -0.4 is 0 Å². The van der Waals surface area contributed by atoms with Crippen LogP contribution in [0.15, 0.2) is 0 Å². The van der Waals surface area contributed by atoms with Gasteiger partial charge in [-0.1, -0.05) is 0 Å². The molecule has 1 radical (unpaired) electrons. The number of unbranched alkanes of at least 4 members (excludes halogenated alkanes) is 1. The SMILES string of the molecule is C#CCCCC([CH2])OCC. The Morgan fingerprint density at radius 2 is 2.40 bits per heavy atom. The lowest BCUT2D eigenvalue weighted by Gasteiger charge is -2.08. The lowest BCUT2D eigenvalue weighted by molar-refractivity contribution is 0.0872. The molecule has 0 aliphatic rings. The van der Waals surface area contributed by atoms with Gasteiger partial charge in [-0.3, -0.25) is 0 Å². The summed E-state index contributed by atoms with van der Waals surface area (Å²) in [6, 6.07) is 0. The highest BCUT2D eigenvalue weighted by Gasteiger charge is 1.98. The van der Waals surface area contributed by atoms with E-state index in [1.54, 1.807) is 0 Å². The van der Waals surface area contributed by atoms with Crippen LogP contribution in [0.4, 0.5) is 0 Å². The van der Waals surface area contributed by atoms with Crippen molar-refractivity contribution < 1.29 is 4.74 Å². The van der Waals surface area contributed by atoms with Gasteiger partial charge in [-0.25, -0.2) is 0 Å². The Labute approximate surface area is 63.8 Å². The molecule has 1 unspecified atom stereocenters. The van der Waals surface area contributed by atoms with Crippen LogP contribution in [-0.4, -0.2) is 12.7 Å². The molecule has 1 heteroatoms. The Morgan fingerprint density at radius 3 is 2.90 bits per heavy atom. The standard InChI is InChI=1S/C9H15O/c1-4-6-7-8-9(3)10-5-2/h1,9H,3,5-8H2,2H3. The van der Waals surface area contributed by atoms with E-state index in [1.165, 1.54) is 0 Å². The van der Waals surface area contributed by atoms with E-state index in [4.69, 9.17) is 11.2 Å². The molecule has 0 amide bonds. The molecule has 0 N–H and O–H groups in total.